The summed E-state index contributed by atoms with van der Waals surface area (Å²) in [6, 6.07) is 4.25. The smallest absolute Gasteiger partial charge is 0.406 e. The van der Waals surface area contributed by atoms with Gasteiger partial charge in [-0.25, -0.2) is 0 Å². The Morgan fingerprint density at radius 2 is 2.14 bits per heavy atom. The largest absolute Gasteiger partial charge is 0.573 e. The number of carbonyl (C=O) groups is 1. The van der Waals surface area contributed by atoms with E-state index >= 15 is 0 Å². The topological polar surface area (TPSA) is 73.6 Å². The van der Waals surface area contributed by atoms with Crippen LogP contribution in [0.15, 0.2) is 24.3 Å². The lowest BCUT2D eigenvalue weighted by atomic mass is 10.1. The number of carbonyl (C=O) groups excluding carboxylic acids is 1. The predicted molar refractivity (Wildman–Crippen MR) is 70.8 cm³/mol. The Kier molecular flexibility index (Phi) is 6.44. The summed E-state index contributed by atoms with van der Waals surface area (Å²) in [5.74, 6) is -0.886. The predicted octanol–water partition coefficient (Wildman–Crippen LogP) is 2.28. The molecule has 0 spiro atoms. The maximum atomic E-state index is 12.1. The zero-order valence-electron chi connectivity index (χ0n) is 11.4. The first-order valence-electron chi connectivity index (χ1n) is 6.23. The summed E-state index contributed by atoms with van der Waals surface area (Å²) in [6.45, 7) is 0.482. The van der Waals surface area contributed by atoms with Crippen molar-refractivity contribution in [2.45, 2.75) is 25.2 Å². The number of nitrogens with two attached hydrogens (primary N) is 1. The van der Waals surface area contributed by atoms with Crippen LogP contribution in [0.5, 0.6) is 5.75 Å². The van der Waals surface area contributed by atoms with Crippen molar-refractivity contribution < 1.29 is 27.4 Å². The number of benzene rings is 1. The average Bonchev–Trinajstić information content (AvgIpc) is 2.37. The third-order valence-electron chi connectivity index (χ3n) is 2.54. The molecule has 1 unspecified atom stereocenters. The maximum absolute atomic E-state index is 12.1. The van der Waals surface area contributed by atoms with Crippen molar-refractivity contribution in [3.63, 3.8) is 0 Å². The monoisotopic (exact) mass is 306 g/mol. The van der Waals surface area contributed by atoms with E-state index in [1.165, 1.54) is 19.2 Å². The molecule has 0 heterocycles. The summed E-state index contributed by atoms with van der Waals surface area (Å²) in [5, 5.41) is 2.44. The Morgan fingerprint density at radius 1 is 1.43 bits per heavy atom. The molecule has 0 aliphatic rings. The van der Waals surface area contributed by atoms with Crippen LogP contribution in [0.25, 0.3) is 0 Å². The molecular formula is C13H17F3N2O3. The normalized spacial score (nSPS) is 12.8. The van der Waals surface area contributed by atoms with E-state index < -0.39 is 24.1 Å². The summed E-state index contributed by atoms with van der Waals surface area (Å²) in [4.78, 5) is 11.8. The molecule has 0 fully saturated rings. The standard InChI is InChI=1S/C13H17F3N2O3/c1-20-7-3-6-11(17)12(19)18-9-4-2-5-10(8-9)21-13(14,15)16/h2,4-5,8,11H,3,6-7,17H2,1H3,(H,18,19). The zero-order chi connectivity index (χ0) is 15.9. The van der Waals surface area contributed by atoms with Gasteiger partial charge in [0.2, 0.25) is 5.91 Å². The number of alkyl halides is 3. The van der Waals surface area contributed by atoms with Crippen molar-refractivity contribution in [2.24, 2.45) is 5.73 Å². The van der Waals surface area contributed by atoms with Gasteiger partial charge in [-0.3, -0.25) is 4.79 Å². The molecule has 0 bridgehead atoms. The van der Waals surface area contributed by atoms with Gasteiger partial charge in [0, 0.05) is 25.5 Å². The minimum absolute atomic E-state index is 0.184. The molecular weight excluding hydrogens is 289 g/mol. The first-order chi connectivity index (χ1) is 9.81. The molecule has 1 aromatic rings. The van der Waals surface area contributed by atoms with Gasteiger partial charge >= 0.3 is 6.36 Å². The highest BCUT2D eigenvalue weighted by molar-refractivity contribution is 5.94. The quantitative estimate of drug-likeness (QED) is 0.758. The lowest BCUT2D eigenvalue weighted by Crippen LogP contribution is -2.35. The molecule has 0 saturated carbocycles. The zero-order valence-corrected chi connectivity index (χ0v) is 11.4. The maximum Gasteiger partial charge on any atom is 0.573 e. The van der Waals surface area contributed by atoms with Gasteiger partial charge in [-0.1, -0.05) is 6.07 Å². The molecule has 0 radical (unpaired) electrons. The molecule has 21 heavy (non-hydrogen) atoms. The third-order valence-corrected chi connectivity index (χ3v) is 2.54. The Morgan fingerprint density at radius 3 is 2.76 bits per heavy atom. The summed E-state index contributed by atoms with van der Waals surface area (Å²) in [6.07, 6.45) is -3.75. The number of hydrogen-bond acceptors (Lipinski definition) is 4. The summed E-state index contributed by atoms with van der Waals surface area (Å²) < 4.78 is 44.9. The molecule has 1 amide bonds. The highest BCUT2D eigenvalue weighted by Gasteiger charge is 2.31. The van der Waals surface area contributed by atoms with Crippen molar-refractivity contribution in [3.8, 4) is 5.75 Å². The molecule has 1 aromatic carbocycles. The summed E-state index contributed by atoms with van der Waals surface area (Å²) in [5.41, 5.74) is 5.85. The van der Waals surface area contributed by atoms with Gasteiger partial charge in [-0.2, -0.15) is 0 Å². The average molecular weight is 306 g/mol. The highest BCUT2D eigenvalue weighted by Crippen LogP contribution is 2.25. The van der Waals surface area contributed by atoms with Crippen LogP contribution in [0.1, 0.15) is 12.8 Å². The van der Waals surface area contributed by atoms with Crippen LogP contribution in [0.3, 0.4) is 0 Å². The van der Waals surface area contributed by atoms with Gasteiger partial charge in [0.1, 0.15) is 5.75 Å². The van der Waals surface area contributed by atoms with Gasteiger partial charge in [0.05, 0.1) is 6.04 Å². The fourth-order valence-electron chi connectivity index (χ4n) is 1.58. The van der Waals surface area contributed by atoms with Gasteiger partial charge < -0.3 is 20.5 Å². The van der Waals surface area contributed by atoms with E-state index in [4.69, 9.17) is 10.5 Å². The van der Waals surface area contributed by atoms with Crippen molar-refractivity contribution in [1.29, 1.82) is 0 Å². The minimum Gasteiger partial charge on any atom is -0.406 e. The number of hydrogen-bond donors (Lipinski definition) is 2. The van der Waals surface area contributed by atoms with E-state index in [1.807, 2.05) is 0 Å². The Labute approximate surface area is 120 Å². The van der Waals surface area contributed by atoms with Crippen LogP contribution in [-0.2, 0) is 9.53 Å². The van der Waals surface area contributed by atoms with Gasteiger partial charge in [-0.15, -0.1) is 13.2 Å². The van der Waals surface area contributed by atoms with Crippen LogP contribution in [0.4, 0.5) is 18.9 Å². The van der Waals surface area contributed by atoms with Crippen LogP contribution in [0, 0.1) is 0 Å². The van der Waals surface area contributed by atoms with Gasteiger partial charge in [-0.05, 0) is 25.0 Å². The van der Waals surface area contributed by atoms with Crippen molar-refractivity contribution in [3.05, 3.63) is 24.3 Å². The van der Waals surface area contributed by atoms with E-state index in [0.717, 1.165) is 12.1 Å². The van der Waals surface area contributed by atoms with E-state index in [1.54, 1.807) is 0 Å². The lowest BCUT2D eigenvalue weighted by molar-refractivity contribution is -0.274. The number of halogens is 3. The highest BCUT2D eigenvalue weighted by atomic mass is 19.4. The van der Waals surface area contributed by atoms with E-state index in [9.17, 15) is 18.0 Å². The number of methoxy groups -OCH3 is 1. The molecule has 0 aliphatic carbocycles. The van der Waals surface area contributed by atoms with Crippen LogP contribution in [0.2, 0.25) is 0 Å². The first kappa shape index (κ1) is 17.3. The van der Waals surface area contributed by atoms with E-state index in [-0.39, 0.29) is 5.69 Å². The fraction of sp³-hybridized carbons (Fsp3) is 0.462. The SMILES string of the molecule is COCCCC(N)C(=O)Nc1cccc(OC(F)(F)F)c1. The molecule has 5 nitrogen and oxygen atoms in total. The lowest BCUT2D eigenvalue weighted by Gasteiger charge is -2.13. The number of ether oxygens (including phenoxy) is 2. The summed E-state index contributed by atoms with van der Waals surface area (Å²) >= 11 is 0. The minimum atomic E-state index is -4.78. The molecule has 0 aliphatic heterocycles. The van der Waals surface area contributed by atoms with Gasteiger partial charge in [0.15, 0.2) is 0 Å². The fourth-order valence-corrected chi connectivity index (χ4v) is 1.58. The summed E-state index contributed by atoms with van der Waals surface area (Å²) in [7, 11) is 1.54. The first-order valence-corrected chi connectivity index (χ1v) is 6.23. The third kappa shape index (κ3) is 6.96. The molecule has 8 heteroatoms. The second-order valence-electron chi connectivity index (χ2n) is 4.31. The van der Waals surface area contributed by atoms with Crippen molar-refractivity contribution in [2.75, 3.05) is 19.0 Å². The number of nitrogens with one attached hydrogen (secondary N) is 1. The number of anilines is 1. The van der Waals surface area contributed by atoms with E-state index in [2.05, 4.69) is 10.1 Å². The van der Waals surface area contributed by atoms with Crippen molar-refractivity contribution in [1.82, 2.24) is 0 Å². The van der Waals surface area contributed by atoms with E-state index in [0.29, 0.717) is 19.4 Å². The molecule has 0 saturated heterocycles. The van der Waals surface area contributed by atoms with Crippen LogP contribution >= 0.6 is 0 Å². The molecule has 0 aromatic heterocycles. The molecule has 1 atom stereocenters. The Bertz CT molecular complexity index is 466. The second kappa shape index (κ2) is 7.84. The molecule has 118 valence electrons. The van der Waals surface area contributed by atoms with Crippen LogP contribution < -0.4 is 15.8 Å². The van der Waals surface area contributed by atoms with Gasteiger partial charge in [0.25, 0.3) is 0 Å². The Balaban J connectivity index is 2.58. The van der Waals surface area contributed by atoms with Crippen molar-refractivity contribution >= 4 is 11.6 Å². The molecule has 1 rings (SSSR count). The molecule has 3 N–H and O–H groups in total. The van der Waals surface area contributed by atoms with Crippen LogP contribution in [-0.4, -0.2) is 32.0 Å². The number of rotatable bonds is 7. The second-order valence-corrected chi connectivity index (χ2v) is 4.31. The Hall–Kier alpha value is -1.80. The number of amides is 1.